The molecule has 1 rings (SSSR count). The largest absolute Gasteiger partial charge is 0.481 e. The first kappa shape index (κ1) is 27.0. The van der Waals surface area contributed by atoms with Crippen LogP contribution in [0, 0.1) is 17.8 Å². The molecule has 0 aromatic rings. The molecule has 0 aromatic heterocycles. The molecule has 0 radical (unpaired) electrons. The van der Waals surface area contributed by atoms with Crippen molar-refractivity contribution < 1.29 is 19.4 Å². The highest BCUT2D eigenvalue weighted by Gasteiger charge is 2.32. The Bertz CT molecular complexity index is 460. The topological polar surface area (TPSA) is 63.6 Å². The molecule has 0 spiro atoms. The van der Waals surface area contributed by atoms with Gasteiger partial charge in [0, 0.05) is 0 Å². The molecular weight excluding hydrogens is 376 g/mol. The van der Waals surface area contributed by atoms with Crippen LogP contribution in [0.5, 0.6) is 0 Å². The van der Waals surface area contributed by atoms with E-state index in [1.165, 1.54) is 57.8 Å². The van der Waals surface area contributed by atoms with Crippen LogP contribution in [0.3, 0.4) is 0 Å². The zero-order valence-electron chi connectivity index (χ0n) is 20.0. The number of rotatable bonds is 17. The minimum Gasteiger partial charge on any atom is -0.481 e. The molecule has 1 N–H and O–H groups in total. The summed E-state index contributed by atoms with van der Waals surface area (Å²) in [6, 6.07) is 0. The molecule has 0 aromatic carbocycles. The smallest absolute Gasteiger partial charge is 0.309 e. The van der Waals surface area contributed by atoms with Crippen molar-refractivity contribution in [3.05, 3.63) is 0 Å². The van der Waals surface area contributed by atoms with E-state index in [1.807, 2.05) is 0 Å². The molecule has 3 unspecified atom stereocenters. The molecule has 3 atom stereocenters. The summed E-state index contributed by atoms with van der Waals surface area (Å²) in [4.78, 5) is 24.1. The Morgan fingerprint density at radius 3 is 1.93 bits per heavy atom. The molecule has 1 aliphatic carbocycles. The van der Waals surface area contributed by atoms with Gasteiger partial charge in [-0.2, -0.15) is 0 Å². The van der Waals surface area contributed by atoms with Gasteiger partial charge in [-0.05, 0) is 50.9 Å². The number of hydrogen-bond donors (Lipinski definition) is 1. The fourth-order valence-corrected chi connectivity index (χ4v) is 4.58. The third kappa shape index (κ3) is 12.6. The van der Waals surface area contributed by atoms with Crippen LogP contribution in [0.25, 0.3) is 0 Å². The summed E-state index contributed by atoms with van der Waals surface area (Å²) in [7, 11) is 0. The summed E-state index contributed by atoms with van der Waals surface area (Å²) in [5, 5.41) is 9.29. The lowest BCUT2D eigenvalue weighted by Crippen LogP contribution is -2.31. The lowest BCUT2D eigenvalue weighted by atomic mass is 9.81. The summed E-state index contributed by atoms with van der Waals surface area (Å²) in [6.45, 7) is 6.78. The van der Waals surface area contributed by atoms with Gasteiger partial charge in [0.15, 0.2) is 0 Å². The molecular formula is C26H48O4. The van der Waals surface area contributed by atoms with E-state index in [4.69, 9.17) is 4.74 Å². The van der Waals surface area contributed by atoms with Gasteiger partial charge in [-0.3, -0.25) is 9.59 Å². The third-order valence-corrected chi connectivity index (χ3v) is 6.58. The zero-order chi connectivity index (χ0) is 22.2. The van der Waals surface area contributed by atoms with Crippen LogP contribution in [0.2, 0.25) is 0 Å². The van der Waals surface area contributed by atoms with Crippen molar-refractivity contribution in [3.63, 3.8) is 0 Å². The third-order valence-electron chi connectivity index (χ3n) is 6.58. The number of hydrogen-bond acceptors (Lipinski definition) is 3. The van der Waals surface area contributed by atoms with Crippen LogP contribution in [0.15, 0.2) is 0 Å². The van der Waals surface area contributed by atoms with Crippen LogP contribution in [0.1, 0.15) is 130 Å². The van der Waals surface area contributed by atoms with Gasteiger partial charge in [-0.25, -0.2) is 0 Å². The Morgan fingerprint density at radius 2 is 1.37 bits per heavy atom. The Hall–Kier alpha value is -1.06. The minimum atomic E-state index is -0.766. The number of aliphatic carboxylic acids is 1. The van der Waals surface area contributed by atoms with Gasteiger partial charge in [-0.1, -0.05) is 85.0 Å². The minimum absolute atomic E-state index is 0.0129. The molecule has 0 amide bonds. The van der Waals surface area contributed by atoms with E-state index < -0.39 is 5.97 Å². The van der Waals surface area contributed by atoms with E-state index in [0.717, 1.165) is 44.4 Å². The van der Waals surface area contributed by atoms with Gasteiger partial charge in [0.05, 0.1) is 11.8 Å². The van der Waals surface area contributed by atoms with Crippen molar-refractivity contribution in [2.24, 2.45) is 17.8 Å². The molecule has 176 valence electrons. The average Bonchev–Trinajstić information content (AvgIpc) is 2.72. The molecule has 30 heavy (non-hydrogen) atoms. The lowest BCUT2D eigenvalue weighted by Gasteiger charge is -2.27. The van der Waals surface area contributed by atoms with Crippen molar-refractivity contribution in [2.45, 2.75) is 136 Å². The Labute approximate surface area is 185 Å². The normalized spacial score (nSPS) is 20.3. The number of esters is 1. The van der Waals surface area contributed by atoms with Crippen molar-refractivity contribution in [2.75, 3.05) is 0 Å². The van der Waals surface area contributed by atoms with Crippen LogP contribution < -0.4 is 0 Å². The van der Waals surface area contributed by atoms with E-state index in [1.54, 1.807) is 0 Å². The highest BCUT2D eigenvalue weighted by molar-refractivity contribution is 5.75. The van der Waals surface area contributed by atoms with E-state index >= 15 is 0 Å². The second-order valence-corrected chi connectivity index (χ2v) is 9.90. The second kappa shape index (κ2) is 16.6. The van der Waals surface area contributed by atoms with Gasteiger partial charge < -0.3 is 9.84 Å². The highest BCUT2D eigenvalue weighted by Crippen LogP contribution is 2.31. The van der Waals surface area contributed by atoms with Crippen molar-refractivity contribution >= 4 is 11.9 Å². The Morgan fingerprint density at radius 1 is 0.833 bits per heavy atom. The van der Waals surface area contributed by atoms with Gasteiger partial charge in [0.25, 0.3) is 0 Å². The molecule has 4 heteroatoms. The summed E-state index contributed by atoms with van der Waals surface area (Å²) >= 11 is 0. The molecule has 0 aliphatic heterocycles. The average molecular weight is 425 g/mol. The maximum atomic E-state index is 12.7. The van der Waals surface area contributed by atoms with Crippen molar-refractivity contribution in [3.8, 4) is 0 Å². The number of carbonyl (C=O) groups is 2. The maximum Gasteiger partial charge on any atom is 0.309 e. The number of carboxylic acid groups (broad SMARTS) is 1. The van der Waals surface area contributed by atoms with Gasteiger partial charge in [0.2, 0.25) is 0 Å². The van der Waals surface area contributed by atoms with E-state index in [-0.39, 0.29) is 23.9 Å². The van der Waals surface area contributed by atoms with E-state index in [2.05, 4.69) is 20.8 Å². The molecule has 1 fully saturated rings. The van der Waals surface area contributed by atoms with E-state index in [0.29, 0.717) is 12.8 Å². The quantitative estimate of drug-likeness (QED) is 0.193. The molecule has 1 saturated carbocycles. The van der Waals surface area contributed by atoms with E-state index in [9.17, 15) is 14.7 Å². The van der Waals surface area contributed by atoms with Crippen molar-refractivity contribution in [1.29, 1.82) is 0 Å². The molecule has 0 heterocycles. The second-order valence-electron chi connectivity index (χ2n) is 9.90. The van der Waals surface area contributed by atoms with Gasteiger partial charge >= 0.3 is 11.9 Å². The first-order valence-electron chi connectivity index (χ1n) is 12.9. The predicted octanol–water partition coefficient (Wildman–Crippen LogP) is 7.54. The SMILES string of the molecule is CCCCCCCCC(CCCCCCC(C)C)OC(=O)C1CCCC(C(=O)O)C1. The summed E-state index contributed by atoms with van der Waals surface area (Å²) in [5.74, 6) is -0.738. The first-order valence-corrected chi connectivity index (χ1v) is 12.9. The van der Waals surface area contributed by atoms with Crippen LogP contribution in [0.4, 0.5) is 0 Å². The number of carboxylic acids is 1. The summed E-state index contributed by atoms with van der Waals surface area (Å²) in [5.41, 5.74) is 0. The molecule has 0 saturated heterocycles. The maximum absolute atomic E-state index is 12.7. The number of unbranched alkanes of at least 4 members (excludes halogenated alkanes) is 8. The standard InChI is InChI=1S/C26H48O4/c1-4-5-6-7-8-12-18-24(19-13-10-9-11-15-21(2)3)30-26(29)23-17-14-16-22(20-23)25(27)28/h21-24H,4-20H2,1-3H3,(H,27,28). The predicted molar refractivity (Wildman–Crippen MR) is 123 cm³/mol. The summed E-state index contributed by atoms with van der Waals surface area (Å²) < 4.78 is 5.96. The monoisotopic (exact) mass is 424 g/mol. The van der Waals surface area contributed by atoms with Gasteiger partial charge in [-0.15, -0.1) is 0 Å². The highest BCUT2D eigenvalue weighted by atomic mass is 16.5. The Kier molecular flexibility index (Phi) is 14.9. The van der Waals surface area contributed by atoms with Crippen LogP contribution in [-0.4, -0.2) is 23.1 Å². The Balaban J connectivity index is 2.41. The zero-order valence-corrected chi connectivity index (χ0v) is 20.0. The number of carbonyl (C=O) groups excluding carboxylic acids is 1. The molecule has 1 aliphatic rings. The lowest BCUT2D eigenvalue weighted by molar-refractivity contribution is -0.158. The fourth-order valence-electron chi connectivity index (χ4n) is 4.58. The fraction of sp³-hybridized carbons (Fsp3) is 0.923. The van der Waals surface area contributed by atoms with Crippen LogP contribution >= 0.6 is 0 Å². The first-order chi connectivity index (χ1) is 14.4. The van der Waals surface area contributed by atoms with Crippen molar-refractivity contribution in [1.82, 2.24) is 0 Å². The summed E-state index contributed by atoms with van der Waals surface area (Å²) in [6.07, 6.45) is 18.3. The van der Waals surface area contributed by atoms with Gasteiger partial charge in [0.1, 0.15) is 6.10 Å². The van der Waals surface area contributed by atoms with Crippen LogP contribution in [-0.2, 0) is 14.3 Å². The molecule has 4 nitrogen and oxygen atoms in total. The number of ether oxygens (including phenoxy) is 1. The molecule has 0 bridgehead atoms.